The van der Waals surface area contributed by atoms with E-state index < -0.39 is 0 Å². The first-order chi connectivity index (χ1) is 12.2. The molecule has 3 heterocycles. The zero-order valence-corrected chi connectivity index (χ0v) is 14.6. The second-order valence-corrected chi connectivity index (χ2v) is 6.87. The van der Waals surface area contributed by atoms with E-state index in [-0.39, 0.29) is 5.91 Å². The lowest BCUT2D eigenvalue weighted by Crippen LogP contribution is -2.44. The van der Waals surface area contributed by atoms with Crippen molar-refractivity contribution < 1.29 is 4.79 Å². The van der Waals surface area contributed by atoms with E-state index in [9.17, 15) is 4.79 Å². The Kier molecular flexibility index (Phi) is 4.30. The number of hydrogen-bond acceptors (Lipinski definition) is 2. The maximum Gasteiger partial charge on any atom is 0.270 e. The molecule has 1 atom stereocenters. The lowest BCUT2D eigenvalue weighted by Gasteiger charge is -2.35. The van der Waals surface area contributed by atoms with Gasteiger partial charge in [0.1, 0.15) is 11.5 Å². The fourth-order valence-corrected chi connectivity index (χ4v) is 3.84. The summed E-state index contributed by atoms with van der Waals surface area (Å²) in [5.74, 6) is 1.16. The smallest absolute Gasteiger partial charge is 0.270 e. The molecule has 5 heteroatoms. The predicted molar refractivity (Wildman–Crippen MR) is 98.6 cm³/mol. The van der Waals surface area contributed by atoms with Gasteiger partial charge in [-0.05, 0) is 44.7 Å². The number of nitrogens with zero attached hydrogens (tertiary/aromatic N) is 3. The van der Waals surface area contributed by atoms with Gasteiger partial charge in [0, 0.05) is 42.4 Å². The molecule has 1 saturated heterocycles. The summed E-state index contributed by atoms with van der Waals surface area (Å²) in [6.45, 7) is 3.78. The largest absolute Gasteiger partial charge is 0.351 e. The first kappa shape index (κ1) is 15.9. The molecule has 1 unspecified atom stereocenters. The number of para-hydroxylation sites is 1. The van der Waals surface area contributed by atoms with Crippen molar-refractivity contribution in [3.8, 4) is 0 Å². The van der Waals surface area contributed by atoms with Gasteiger partial charge < -0.3 is 14.5 Å². The number of amides is 1. The first-order valence-electron chi connectivity index (χ1n) is 9.09. The number of imidazole rings is 1. The van der Waals surface area contributed by atoms with Gasteiger partial charge in [0.05, 0.1) is 0 Å². The molecule has 1 aliphatic heterocycles. The number of piperidine rings is 1. The number of H-pyrrole nitrogens is 1. The summed E-state index contributed by atoms with van der Waals surface area (Å²) in [5.41, 5.74) is 1.72. The molecule has 5 nitrogen and oxygen atoms in total. The van der Waals surface area contributed by atoms with Gasteiger partial charge in [-0.25, -0.2) is 4.98 Å². The van der Waals surface area contributed by atoms with Crippen molar-refractivity contribution in [3.63, 3.8) is 0 Å². The SMILES string of the molecule is Cc1nccn1CCC1CCCCN1C(=O)c1cc2ccccc2[nH]1. The second kappa shape index (κ2) is 6.75. The highest BCUT2D eigenvalue weighted by Gasteiger charge is 2.28. The average molecular weight is 336 g/mol. The monoisotopic (exact) mass is 336 g/mol. The van der Waals surface area contributed by atoms with Crippen LogP contribution in [0.1, 0.15) is 42.0 Å². The van der Waals surface area contributed by atoms with Crippen molar-refractivity contribution in [1.82, 2.24) is 19.4 Å². The Morgan fingerprint density at radius 2 is 2.20 bits per heavy atom. The molecule has 1 aliphatic rings. The summed E-state index contributed by atoms with van der Waals surface area (Å²) < 4.78 is 2.17. The molecule has 2 aromatic heterocycles. The molecule has 4 rings (SSSR count). The molecule has 0 saturated carbocycles. The molecule has 1 fully saturated rings. The van der Waals surface area contributed by atoms with Gasteiger partial charge in [-0.15, -0.1) is 0 Å². The van der Waals surface area contributed by atoms with Gasteiger partial charge in [-0.1, -0.05) is 18.2 Å². The Hall–Kier alpha value is -2.56. The third-order valence-electron chi connectivity index (χ3n) is 5.28. The fourth-order valence-electron chi connectivity index (χ4n) is 3.84. The lowest BCUT2D eigenvalue weighted by atomic mass is 9.98. The van der Waals surface area contributed by atoms with Crippen molar-refractivity contribution in [1.29, 1.82) is 0 Å². The highest BCUT2D eigenvalue weighted by atomic mass is 16.2. The Balaban J connectivity index is 1.51. The van der Waals surface area contributed by atoms with Crippen LogP contribution in [0.3, 0.4) is 0 Å². The van der Waals surface area contributed by atoms with Crippen molar-refractivity contribution in [2.45, 2.75) is 45.2 Å². The number of aromatic nitrogens is 3. The number of aromatic amines is 1. The summed E-state index contributed by atoms with van der Waals surface area (Å²) in [7, 11) is 0. The number of rotatable bonds is 4. The number of carbonyl (C=O) groups is 1. The van der Waals surface area contributed by atoms with Crippen LogP contribution in [0.5, 0.6) is 0 Å². The number of likely N-dealkylation sites (tertiary alicyclic amines) is 1. The molecule has 1 aromatic carbocycles. The molecule has 25 heavy (non-hydrogen) atoms. The number of aryl methyl sites for hydroxylation is 2. The highest BCUT2D eigenvalue weighted by Crippen LogP contribution is 2.24. The lowest BCUT2D eigenvalue weighted by molar-refractivity contribution is 0.0590. The van der Waals surface area contributed by atoms with Crippen molar-refractivity contribution in [2.24, 2.45) is 0 Å². The van der Waals surface area contributed by atoms with Crippen LogP contribution in [-0.2, 0) is 6.54 Å². The van der Waals surface area contributed by atoms with Crippen LogP contribution < -0.4 is 0 Å². The van der Waals surface area contributed by atoms with E-state index in [0.717, 1.165) is 49.1 Å². The summed E-state index contributed by atoms with van der Waals surface area (Å²) in [6.07, 6.45) is 8.20. The minimum absolute atomic E-state index is 0.128. The summed E-state index contributed by atoms with van der Waals surface area (Å²) in [4.78, 5) is 22.7. The fraction of sp³-hybridized carbons (Fsp3) is 0.400. The minimum atomic E-state index is 0.128. The molecular formula is C20H24N4O. The normalized spacial score (nSPS) is 18.0. The summed E-state index contributed by atoms with van der Waals surface area (Å²) in [6, 6.07) is 10.3. The van der Waals surface area contributed by atoms with Gasteiger partial charge in [-0.2, -0.15) is 0 Å². The Bertz CT molecular complexity index is 846. The molecule has 1 amide bonds. The standard InChI is InChI=1S/C20H24N4O/c1-15-21-10-13-23(15)12-9-17-7-4-5-11-24(17)20(25)19-14-16-6-2-3-8-18(16)22-19/h2-3,6,8,10,13-14,17,22H,4-5,7,9,11-12H2,1H3. The van der Waals surface area contributed by atoms with Gasteiger partial charge >= 0.3 is 0 Å². The molecule has 3 aromatic rings. The summed E-state index contributed by atoms with van der Waals surface area (Å²) >= 11 is 0. The van der Waals surface area contributed by atoms with Gasteiger partial charge in [0.25, 0.3) is 5.91 Å². The molecular weight excluding hydrogens is 312 g/mol. The molecule has 130 valence electrons. The zero-order chi connectivity index (χ0) is 17.2. The van der Waals surface area contributed by atoms with Crippen LogP contribution in [0, 0.1) is 6.92 Å². The van der Waals surface area contributed by atoms with E-state index >= 15 is 0 Å². The predicted octanol–water partition coefficient (Wildman–Crippen LogP) is 3.76. The van der Waals surface area contributed by atoms with E-state index in [1.165, 1.54) is 6.42 Å². The van der Waals surface area contributed by atoms with E-state index in [1.807, 2.05) is 49.6 Å². The molecule has 0 aliphatic carbocycles. The number of nitrogens with one attached hydrogen (secondary N) is 1. The zero-order valence-electron chi connectivity index (χ0n) is 14.6. The Morgan fingerprint density at radius 1 is 1.32 bits per heavy atom. The average Bonchev–Trinajstić information content (AvgIpc) is 3.25. The molecule has 0 bridgehead atoms. The molecule has 0 spiro atoms. The van der Waals surface area contributed by atoms with E-state index in [2.05, 4.69) is 19.4 Å². The number of hydrogen-bond donors (Lipinski definition) is 1. The third-order valence-corrected chi connectivity index (χ3v) is 5.28. The first-order valence-corrected chi connectivity index (χ1v) is 9.09. The van der Waals surface area contributed by atoms with E-state index in [4.69, 9.17) is 0 Å². The van der Waals surface area contributed by atoms with Crippen LogP contribution in [0.25, 0.3) is 10.9 Å². The van der Waals surface area contributed by atoms with Crippen LogP contribution in [0.2, 0.25) is 0 Å². The number of fused-ring (bicyclic) bond motifs is 1. The Morgan fingerprint density at radius 3 is 3.00 bits per heavy atom. The highest BCUT2D eigenvalue weighted by molar-refractivity contribution is 5.98. The van der Waals surface area contributed by atoms with E-state index in [0.29, 0.717) is 11.7 Å². The maximum atomic E-state index is 13.1. The van der Waals surface area contributed by atoms with Gasteiger partial charge in [-0.3, -0.25) is 4.79 Å². The van der Waals surface area contributed by atoms with Crippen LogP contribution >= 0.6 is 0 Å². The topological polar surface area (TPSA) is 53.9 Å². The van der Waals surface area contributed by atoms with Crippen LogP contribution in [0.4, 0.5) is 0 Å². The maximum absolute atomic E-state index is 13.1. The Labute approximate surface area is 147 Å². The summed E-state index contributed by atoms with van der Waals surface area (Å²) in [5, 5.41) is 1.09. The second-order valence-electron chi connectivity index (χ2n) is 6.87. The van der Waals surface area contributed by atoms with Crippen molar-refractivity contribution in [2.75, 3.05) is 6.54 Å². The van der Waals surface area contributed by atoms with Crippen LogP contribution in [0.15, 0.2) is 42.7 Å². The molecule has 1 N–H and O–H groups in total. The van der Waals surface area contributed by atoms with E-state index in [1.54, 1.807) is 0 Å². The van der Waals surface area contributed by atoms with Gasteiger partial charge in [0.15, 0.2) is 0 Å². The number of benzene rings is 1. The quantitative estimate of drug-likeness (QED) is 0.789. The number of carbonyl (C=O) groups excluding carboxylic acids is 1. The third kappa shape index (κ3) is 3.18. The van der Waals surface area contributed by atoms with Gasteiger partial charge in [0.2, 0.25) is 0 Å². The van der Waals surface area contributed by atoms with Crippen molar-refractivity contribution >= 4 is 16.8 Å². The minimum Gasteiger partial charge on any atom is -0.351 e. The van der Waals surface area contributed by atoms with Crippen LogP contribution in [-0.4, -0.2) is 37.9 Å². The van der Waals surface area contributed by atoms with Crippen molar-refractivity contribution in [3.05, 3.63) is 54.2 Å². The molecule has 0 radical (unpaired) electrons.